The molecule has 1 aliphatic rings. The lowest BCUT2D eigenvalue weighted by Crippen LogP contribution is -2.24. The van der Waals surface area contributed by atoms with Crippen molar-refractivity contribution in [3.8, 4) is 0 Å². The molecule has 1 unspecified atom stereocenters. The summed E-state index contributed by atoms with van der Waals surface area (Å²) in [6.07, 6.45) is 0.295. The van der Waals surface area contributed by atoms with E-state index in [4.69, 9.17) is 9.94 Å². The predicted octanol–water partition coefficient (Wildman–Crippen LogP) is 1.24. The van der Waals surface area contributed by atoms with Gasteiger partial charge in [-0.05, 0) is 13.0 Å². The number of nitrogens with zero attached hydrogens (tertiary/aromatic N) is 1. The highest BCUT2D eigenvalue weighted by Crippen LogP contribution is 2.26. The van der Waals surface area contributed by atoms with E-state index in [1.54, 1.807) is 12.1 Å². The van der Waals surface area contributed by atoms with Crippen LogP contribution < -0.4 is 5.06 Å². The molecule has 0 aromatic heterocycles. The van der Waals surface area contributed by atoms with Gasteiger partial charge in [0.15, 0.2) is 0 Å². The molecule has 4 nitrogen and oxygen atoms in total. The largest absolute Gasteiger partial charge is 0.392 e. The van der Waals surface area contributed by atoms with E-state index in [1.807, 2.05) is 19.1 Å². The molecule has 0 radical (unpaired) electrons. The first-order valence-electron chi connectivity index (χ1n) is 4.91. The number of carbonyl (C=O) groups excluding carboxylic acids is 1. The van der Waals surface area contributed by atoms with E-state index >= 15 is 0 Å². The first kappa shape index (κ1) is 10.1. The molecule has 1 amide bonds. The topological polar surface area (TPSA) is 49.8 Å². The Morgan fingerprint density at radius 1 is 1.53 bits per heavy atom. The van der Waals surface area contributed by atoms with Gasteiger partial charge in [0.25, 0.3) is 5.91 Å². The fraction of sp³-hybridized carbons (Fsp3) is 0.364. The SMILES string of the molecule is CC1CC(=O)N(c2ccccc2CO)O1. The van der Waals surface area contributed by atoms with Gasteiger partial charge < -0.3 is 5.11 Å². The average molecular weight is 207 g/mol. The molecular formula is C11H13NO3. The molecule has 1 aromatic rings. The Labute approximate surface area is 88.0 Å². The van der Waals surface area contributed by atoms with E-state index < -0.39 is 0 Å². The zero-order chi connectivity index (χ0) is 10.8. The summed E-state index contributed by atoms with van der Waals surface area (Å²) in [5, 5.41) is 10.4. The predicted molar refractivity (Wildman–Crippen MR) is 55.0 cm³/mol. The Hall–Kier alpha value is -1.39. The van der Waals surface area contributed by atoms with Crippen LogP contribution in [0.4, 0.5) is 5.69 Å². The lowest BCUT2D eigenvalue weighted by atomic mass is 10.2. The summed E-state index contributed by atoms with van der Waals surface area (Å²) in [7, 11) is 0. The number of para-hydroxylation sites is 1. The summed E-state index contributed by atoms with van der Waals surface area (Å²) in [5.74, 6) is -0.0663. The summed E-state index contributed by atoms with van der Waals surface area (Å²) in [6.45, 7) is 1.75. The van der Waals surface area contributed by atoms with E-state index in [0.29, 0.717) is 17.7 Å². The third-order valence-electron chi connectivity index (χ3n) is 2.35. The minimum Gasteiger partial charge on any atom is -0.392 e. The maximum absolute atomic E-state index is 11.6. The van der Waals surface area contributed by atoms with Crippen LogP contribution in [0.15, 0.2) is 24.3 Å². The third-order valence-corrected chi connectivity index (χ3v) is 2.35. The van der Waals surface area contributed by atoms with Gasteiger partial charge >= 0.3 is 0 Å². The average Bonchev–Trinajstić information content (AvgIpc) is 2.57. The Morgan fingerprint density at radius 2 is 2.27 bits per heavy atom. The standard InChI is InChI=1S/C11H13NO3/c1-8-6-11(14)12(15-8)10-5-3-2-4-9(10)7-13/h2-5,8,13H,6-7H2,1H3. The van der Waals surface area contributed by atoms with Gasteiger partial charge in [-0.15, -0.1) is 0 Å². The smallest absolute Gasteiger partial charge is 0.253 e. The van der Waals surface area contributed by atoms with Gasteiger partial charge in [0, 0.05) is 5.56 Å². The zero-order valence-corrected chi connectivity index (χ0v) is 8.51. The lowest BCUT2D eigenvalue weighted by Gasteiger charge is -2.17. The fourth-order valence-corrected chi connectivity index (χ4v) is 1.64. The monoisotopic (exact) mass is 207 g/mol. The second-order valence-electron chi connectivity index (χ2n) is 3.60. The number of hydroxylamine groups is 1. The molecule has 15 heavy (non-hydrogen) atoms. The number of benzene rings is 1. The van der Waals surface area contributed by atoms with E-state index in [1.165, 1.54) is 5.06 Å². The van der Waals surface area contributed by atoms with Crippen molar-refractivity contribution in [2.45, 2.75) is 26.1 Å². The molecule has 80 valence electrons. The summed E-state index contributed by atoms with van der Waals surface area (Å²) >= 11 is 0. The highest BCUT2D eigenvalue weighted by molar-refractivity contribution is 5.93. The second kappa shape index (κ2) is 4.00. The van der Waals surface area contributed by atoms with Crippen LogP contribution in [-0.2, 0) is 16.2 Å². The maximum atomic E-state index is 11.6. The fourth-order valence-electron chi connectivity index (χ4n) is 1.64. The second-order valence-corrected chi connectivity index (χ2v) is 3.60. The van der Waals surface area contributed by atoms with E-state index in [2.05, 4.69) is 0 Å². The quantitative estimate of drug-likeness (QED) is 0.793. The number of carbonyl (C=O) groups is 1. The Balaban J connectivity index is 2.33. The number of hydrogen-bond acceptors (Lipinski definition) is 3. The number of hydrogen-bond donors (Lipinski definition) is 1. The van der Waals surface area contributed by atoms with Gasteiger partial charge in [-0.1, -0.05) is 18.2 Å². The molecule has 1 aromatic carbocycles. The van der Waals surface area contributed by atoms with Crippen LogP contribution in [0.3, 0.4) is 0 Å². The first-order valence-corrected chi connectivity index (χ1v) is 4.91. The van der Waals surface area contributed by atoms with Gasteiger partial charge in [-0.3, -0.25) is 9.63 Å². The Kier molecular flexibility index (Phi) is 2.70. The number of rotatable bonds is 2. The van der Waals surface area contributed by atoms with Crippen molar-refractivity contribution in [3.63, 3.8) is 0 Å². The van der Waals surface area contributed by atoms with Crippen molar-refractivity contribution >= 4 is 11.6 Å². The zero-order valence-electron chi connectivity index (χ0n) is 8.51. The molecule has 0 bridgehead atoms. The molecule has 1 N–H and O–H groups in total. The molecule has 1 atom stereocenters. The number of aliphatic hydroxyl groups excluding tert-OH is 1. The molecule has 1 saturated heterocycles. The minimum absolute atomic E-state index is 0.0663. The highest BCUT2D eigenvalue weighted by Gasteiger charge is 2.30. The first-order chi connectivity index (χ1) is 7.22. The number of amides is 1. The van der Waals surface area contributed by atoms with Crippen LogP contribution in [0.2, 0.25) is 0 Å². The van der Waals surface area contributed by atoms with Gasteiger partial charge in [-0.2, -0.15) is 5.06 Å². The Bertz CT molecular complexity index is 378. The van der Waals surface area contributed by atoms with Crippen LogP contribution in [0.5, 0.6) is 0 Å². The van der Waals surface area contributed by atoms with Gasteiger partial charge in [0.1, 0.15) is 0 Å². The van der Waals surface area contributed by atoms with E-state index in [0.717, 1.165) is 0 Å². The molecule has 1 heterocycles. The highest BCUT2D eigenvalue weighted by atomic mass is 16.7. The molecule has 2 rings (SSSR count). The summed E-state index contributed by atoms with van der Waals surface area (Å²) in [6, 6.07) is 7.17. The van der Waals surface area contributed by atoms with Crippen LogP contribution in [0.1, 0.15) is 18.9 Å². The maximum Gasteiger partial charge on any atom is 0.253 e. The molecule has 1 fully saturated rings. The molecule has 0 spiro atoms. The van der Waals surface area contributed by atoms with E-state index in [9.17, 15) is 4.79 Å². The van der Waals surface area contributed by atoms with Crippen LogP contribution in [-0.4, -0.2) is 17.1 Å². The minimum atomic E-state index is -0.0995. The van der Waals surface area contributed by atoms with Crippen molar-refractivity contribution in [2.24, 2.45) is 0 Å². The molecule has 0 saturated carbocycles. The molecule has 1 aliphatic heterocycles. The number of aliphatic hydroxyl groups is 1. The van der Waals surface area contributed by atoms with Gasteiger partial charge in [-0.25, -0.2) is 0 Å². The van der Waals surface area contributed by atoms with Crippen molar-refractivity contribution in [1.29, 1.82) is 0 Å². The van der Waals surface area contributed by atoms with Gasteiger partial charge in [0.05, 0.1) is 24.8 Å². The van der Waals surface area contributed by atoms with Crippen LogP contribution in [0.25, 0.3) is 0 Å². The van der Waals surface area contributed by atoms with Crippen molar-refractivity contribution in [2.75, 3.05) is 5.06 Å². The van der Waals surface area contributed by atoms with Crippen LogP contribution in [0, 0.1) is 0 Å². The summed E-state index contributed by atoms with van der Waals surface area (Å²) in [5.41, 5.74) is 1.33. The Morgan fingerprint density at radius 3 is 2.87 bits per heavy atom. The molecule has 0 aliphatic carbocycles. The normalized spacial score (nSPS) is 21.1. The van der Waals surface area contributed by atoms with Crippen molar-refractivity contribution in [1.82, 2.24) is 0 Å². The van der Waals surface area contributed by atoms with Crippen molar-refractivity contribution in [3.05, 3.63) is 29.8 Å². The third kappa shape index (κ3) is 1.86. The van der Waals surface area contributed by atoms with Crippen LogP contribution >= 0.6 is 0 Å². The summed E-state index contributed by atoms with van der Waals surface area (Å²) in [4.78, 5) is 16.9. The van der Waals surface area contributed by atoms with E-state index in [-0.39, 0.29) is 18.6 Å². The number of anilines is 1. The lowest BCUT2D eigenvalue weighted by molar-refractivity contribution is -0.119. The molecular weight excluding hydrogens is 194 g/mol. The summed E-state index contributed by atoms with van der Waals surface area (Å²) < 4.78 is 0. The molecule has 4 heteroatoms. The van der Waals surface area contributed by atoms with Crippen molar-refractivity contribution < 1.29 is 14.7 Å². The van der Waals surface area contributed by atoms with Gasteiger partial charge in [0.2, 0.25) is 0 Å².